The van der Waals surface area contributed by atoms with E-state index in [9.17, 15) is 9.50 Å². The molecule has 0 aromatic heterocycles. The first-order chi connectivity index (χ1) is 6.77. The summed E-state index contributed by atoms with van der Waals surface area (Å²) in [6.45, 7) is 7.09. The number of halogens is 1. The third-order valence-corrected chi connectivity index (χ3v) is 2.75. The number of alkyl halides is 1. The van der Waals surface area contributed by atoms with E-state index in [0.29, 0.717) is 5.56 Å². The normalized spacial score (nSPS) is 12.9. The maximum atomic E-state index is 13.6. The fourth-order valence-corrected chi connectivity index (χ4v) is 1.41. The lowest BCUT2D eigenvalue weighted by Gasteiger charge is -2.23. The molecular weight excluding hydrogens is 191 g/mol. The van der Waals surface area contributed by atoms with Gasteiger partial charge in [0.25, 0.3) is 0 Å². The number of hydrogen-bond acceptors (Lipinski definition) is 1. The van der Waals surface area contributed by atoms with Crippen LogP contribution in [-0.2, 0) is 11.1 Å². The summed E-state index contributed by atoms with van der Waals surface area (Å²) in [5.41, 5.74) is 0.124. The third-order valence-electron chi connectivity index (χ3n) is 2.75. The minimum absolute atomic E-state index is 0.0887. The molecule has 0 bridgehead atoms. The van der Waals surface area contributed by atoms with Crippen molar-refractivity contribution in [2.45, 2.75) is 38.8 Å². The Balaban J connectivity index is 3.01. The summed E-state index contributed by atoms with van der Waals surface area (Å²) in [6, 6.07) is 7.33. The van der Waals surface area contributed by atoms with Gasteiger partial charge in [-0.25, -0.2) is 4.39 Å². The number of aliphatic hydroxyl groups excluding tert-OH is 1. The lowest BCUT2D eigenvalue weighted by Crippen LogP contribution is -2.22. The van der Waals surface area contributed by atoms with Gasteiger partial charge in [-0.15, -0.1) is 0 Å². The minimum Gasteiger partial charge on any atom is -0.395 e. The predicted molar refractivity (Wildman–Crippen MR) is 60.7 cm³/mol. The smallest absolute Gasteiger partial charge is 0.130 e. The van der Waals surface area contributed by atoms with E-state index in [2.05, 4.69) is 0 Å². The molecule has 0 saturated carbocycles. The van der Waals surface area contributed by atoms with Crippen molar-refractivity contribution >= 4 is 0 Å². The molecule has 1 aromatic rings. The van der Waals surface area contributed by atoms with Gasteiger partial charge in [-0.2, -0.15) is 0 Å². The standard InChI is InChI=1S/C13H19FO/c1-12(2,9-15)10-5-7-11(8-6-10)13(3,4)14/h5-8,15H,9H2,1-4H3. The van der Waals surface area contributed by atoms with Crippen LogP contribution in [0.4, 0.5) is 4.39 Å². The Morgan fingerprint density at radius 1 is 1.00 bits per heavy atom. The van der Waals surface area contributed by atoms with Crippen molar-refractivity contribution in [1.82, 2.24) is 0 Å². The highest BCUT2D eigenvalue weighted by molar-refractivity contribution is 5.30. The van der Waals surface area contributed by atoms with Crippen molar-refractivity contribution in [3.8, 4) is 0 Å². The fraction of sp³-hybridized carbons (Fsp3) is 0.538. The summed E-state index contributed by atoms with van der Waals surface area (Å²) in [5, 5.41) is 9.20. The molecule has 0 unspecified atom stereocenters. The van der Waals surface area contributed by atoms with E-state index in [1.54, 1.807) is 26.0 Å². The number of aliphatic hydroxyl groups is 1. The Morgan fingerprint density at radius 2 is 1.40 bits per heavy atom. The molecule has 84 valence electrons. The zero-order valence-corrected chi connectivity index (χ0v) is 9.84. The van der Waals surface area contributed by atoms with Gasteiger partial charge < -0.3 is 5.11 Å². The molecule has 0 aliphatic rings. The highest BCUT2D eigenvalue weighted by Crippen LogP contribution is 2.28. The fourth-order valence-electron chi connectivity index (χ4n) is 1.41. The van der Waals surface area contributed by atoms with Crippen LogP contribution in [0.15, 0.2) is 24.3 Å². The van der Waals surface area contributed by atoms with Crippen molar-refractivity contribution in [2.24, 2.45) is 0 Å². The second-order valence-corrected chi connectivity index (χ2v) is 5.09. The van der Waals surface area contributed by atoms with E-state index in [-0.39, 0.29) is 12.0 Å². The molecule has 2 heteroatoms. The summed E-state index contributed by atoms with van der Waals surface area (Å²) < 4.78 is 13.6. The zero-order valence-electron chi connectivity index (χ0n) is 9.84. The molecule has 0 atom stereocenters. The second-order valence-electron chi connectivity index (χ2n) is 5.09. The summed E-state index contributed by atoms with van der Waals surface area (Å²) >= 11 is 0. The van der Waals surface area contributed by atoms with Crippen LogP contribution < -0.4 is 0 Å². The van der Waals surface area contributed by atoms with Crippen LogP contribution in [-0.4, -0.2) is 11.7 Å². The van der Waals surface area contributed by atoms with Gasteiger partial charge in [-0.3, -0.25) is 0 Å². The Hall–Kier alpha value is -0.890. The molecule has 0 radical (unpaired) electrons. The first-order valence-electron chi connectivity index (χ1n) is 5.18. The Labute approximate surface area is 90.9 Å². The van der Waals surface area contributed by atoms with E-state index in [1.807, 2.05) is 26.0 Å². The molecule has 1 N–H and O–H groups in total. The molecule has 0 fully saturated rings. The Kier molecular flexibility index (Phi) is 3.19. The quantitative estimate of drug-likeness (QED) is 0.812. The predicted octanol–water partition coefficient (Wildman–Crippen LogP) is 3.16. The van der Waals surface area contributed by atoms with E-state index in [1.165, 1.54) is 0 Å². The minimum atomic E-state index is -1.30. The van der Waals surface area contributed by atoms with Crippen LogP contribution in [0.1, 0.15) is 38.8 Å². The van der Waals surface area contributed by atoms with Gasteiger partial charge in [0.05, 0.1) is 6.61 Å². The number of rotatable bonds is 3. The van der Waals surface area contributed by atoms with Crippen molar-refractivity contribution in [2.75, 3.05) is 6.61 Å². The molecule has 0 saturated heterocycles. The van der Waals surface area contributed by atoms with Crippen molar-refractivity contribution in [3.63, 3.8) is 0 Å². The molecule has 1 nitrogen and oxygen atoms in total. The molecule has 0 aliphatic heterocycles. The van der Waals surface area contributed by atoms with Crippen LogP contribution in [0.25, 0.3) is 0 Å². The summed E-state index contributed by atoms with van der Waals surface area (Å²) in [6.07, 6.45) is 0. The van der Waals surface area contributed by atoms with Crippen LogP contribution in [0.3, 0.4) is 0 Å². The van der Waals surface area contributed by atoms with E-state index in [0.717, 1.165) is 5.56 Å². The van der Waals surface area contributed by atoms with Gasteiger partial charge in [-0.1, -0.05) is 38.1 Å². The number of benzene rings is 1. The van der Waals surface area contributed by atoms with E-state index >= 15 is 0 Å². The van der Waals surface area contributed by atoms with Crippen molar-refractivity contribution < 1.29 is 9.50 Å². The van der Waals surface area contributed by atoms with Gasteiger partial charge in [0.15, 0.2) is 0 Å². The van der Waals surface area contributed by atoms with Gasteiger partial charge in [0, 0.05) is 5.41 Å². The molecular formula is C13H19FO. The topological polar surface area (TPSA) is 20.2 Å². The van der Waals surface area contributed by atoms with Crippen LogP contribution in [0, 0.1) is 0 Å². The second kappa shape index (κ2) is 3.93. The van der Waals surface area contributed by atoms with Gasteiger partial charge in [0.2, 0.25) is 0 Å². The van der Waals surface area contributed by atoms with E-state index in [4.69, 9.17) is 0 Å². The van der Waals surface area contributed by atoms with E-state index < -0.39 is 5.67 Å². The van der Waals surface area contributed by atoms with Crippen molar-refractivity contribution in [3.05, 3.63) is 35.4 Å². The lowest BCUT2D eigenvalue weighted by atomic mass is 9.84. The maximum absolute atomic E-state index is 13.6. The van der Waals surface area contributed by atoms with Crippen LogP contribution in [0.5, 0.6) is 0 Å². The summed E-state index contributed by atoms with van der Waals surface area (Å²) in [7, 11) is 0. The summed E-state index contributed by atoms with van der Waals surface area (Å²) in [4.78, 5) is 0. The molecule has 15 heavy (non-hydrogen) atoms. The highest BCUT2D eigenvalue weighted by atomic mass is 19.1. The summed E-state index contributed by atoms with van der Waals surface area (Å²) in [5.74, 6) is 0. The van der Waals surface area contributed by atoms with Gasteiger partial charge in [-0.05, 0) is 25.0 Å². The molecule has 0 heterocycles. The Morgan fingerprint density at radius 3 is 1.73 bits per heavy atom. The zero-order chi connectivity index (χ0) is 11.7. The highest BCUT2D eigenvalue weighted by Gasteiger charge is 2.22. The molecule has 0 aliphatic carbocycles. The monoisotopic (exact) mass is 210 g/mol. The number of hydrogen-bond donors (Lipinski definition) is 1. The molecule has 1 rings (SSSR count). The lowest BCUT2D eigenvalue weighted by molar-refractivity contribution is 0.216. The average molecular weight is 210 g/mol. The first kappa shape index (κ1) is 12.2. The van der Waals surface area contributed by atoms with Gasteiger partial charge in [0.1, 0.15) is 5.67 Å². The van der Waals surface area contributed by atoms with Gasteiger partial charge >= 0.3 is 0 Å². The van der Waals surface area contributed by atoms with Crippen LogP contribution in [0.2, 0.25) is 0 Å². The largest absolute Gasteiger partial charge is 0.395 e. The Bertz CT molecular complexity index is 319. The average Bonchev–Trinajstić information content (AvgIpc) is 2.17. The third kappa shape index (κ3) is 2.78. The molecule has 1 aromatic carbocycles. The van der Waals surface area contributed by atoms with Crippen LogP contribution >= 0.6 is 0 Å². The molecule has 0 amide bonds. The molecule has 0 spiro atoms. The van der Waals surface area contributed by atoms with Crippen molar-refractivity contribution in [1.29, 1.82) is 0 Å². The maximum Gasteiger partial charge on any atom is 0.130 e. The first-order valence-corrected chi connectivity index (χ1v) is 5.18. The SMILES string of the molecule is CC(C)(F)c1ccc(C(C)(C)CO)cc1.